The van der Waals surface area contributed by atoms with Crippen molar-refractivity contribution in [1.29, 1.82) is 0 Å². The first-order valence-corrected chi connectivity index (χ1v) is 8.86. The van der Waals surface area contributed by atoms with Crippen LogP contribution in [0.5, 0.6) is 0 Å². The molecule has 1 saturated carbocycles. The molecule has 1 aliphatic carbocycles. The molecule has 110 valence electrons. The quantitative estimate of drug-likeness (QED) is 0.505. The van der Waals surface area contributed by atoms with E-state index in [0.29, 0.717) is 11.1 Å². The zero-order valence-electron chi connectivity index (χ0n) is 12.1. The lowest BCUT2D eigenvalue weighted by molar-refractivity contribution is 0.680. The fourth-order valence-corrected chi connectivity index (χ4v) is 3.79. The highest BCUT2D eigenvalue weighted by Gasteiger charge is 2.23. The Morgan fingerprint density at radius 2 is 1.81 bits per heavy atom. The lowest BCUT2D eigenvalue weighted by atomic mass is 10.0. The first-order valence-electron chi connectivity index (χ1n) is 7.41. The van der Waals surface area contributed by atoms with Gasteiger partial charge in [-0.2, -0.15) is 0 Å². The number of nitrogens with zero attached hydrogens (tertiary/aromatic N) is 2. The van der Waals surface area contributed by atoms with Crippen molar-refractivity contribution in [3.05, 3.63) is 55.6 Å². The van der Waals surface area contributed by atoms with Gasteiger partial charge in [0.2, 0.25) is 0 Å². The smallest absolute Gasteiger partial charge is 0.146 e. The van der Waals surface area contributed by atoms with Gasteiger partial charge in [-0.1, -0.05) is 54.3 Å². The molecule has 1 heterocycles. The fourth-order valence-electron chi connectivity index (χ4n) is 2.92. The first kappa shape index (κ1) is 15.2. The molecule has 3 rings (SSSR count). The lowest BCUT2D eigenvalue weighted by Gasteiger charge is -2.13. The van der Waals surface area contributed by atoms with Crippen LogP contribution in [0, 0.1) is 10.5 Å². The van der Waals surface area contributed by atoms with E-state index in [0.717, 1.165) is 21.5 Å². The largest absolute Gasteiger partial charge is 0.236 e. The van der Waals surface area contributed by atoms with Crippen molar-refractivity contribution in [2.45, 2.75) is 44.9 Å². The van der Waals surface area contributed by atoms with Gasteiger partial charge in [0.15, 0.2) is 0 Å². The van der Waals surface area contributed by atoms with Crippen LogP contribution in [-0.4, -0.2) is 9.97 Å². The van der Waals surface area contributed by atoms with E-state index >= 15 is 0 Å². The summed E-state index contributed by atoms with van der Waals surface area (Å²) in [6, 6.07) is 8.53. The van der Waals surface area contributed by atoms with Crippen LogP contribution in [0.1, 0.15) is 54.2 Å². The highest BCUT2D eigenvalue weighted by molar-refractivity contribution is 14.1. The third-order valence-electron chi connectivity index (χ3n) is 4.11. The Morgan fingerprint density at radius 1 is 1.14 bits per heavy atom. The van der Waals surface area contributed by atoms with Crippen molar-refractivity contribution in [2.75, 3.05) is 0 Å². The number of benzene rings is 1. The van der Waals surface area contributed by atoms with Gasteiger partial charge in [-0.05, 0) is 47.9 Å². The predicted octanol–water partition coefficient (Wildman–Crippen LogP) is 5.29. The fraction of sp³-hybridized carbons (Fsp3) is 0.412. The molecule has 0 N–H and O–H groups in total. The molecule has 0 unspecified atom stereocenters. The van der Waals surface area contributed by atoms with E-state index in [9.17, 15) is 0 Å². The summed E-state index contributed by atoms with van der Waals surface area (Å²) in [6.45, 7) is 2.10. The van der Waals surface area contributed by atoms with Crippen molar-refractivity contribution in [1.82, 2.24) is 9.97 Å². The van der Waals surface area contributed by atoms with E-state index in [1.807, 2.05) is 0 Å². The second kappa shape index (κ2) is 6.61. The third-order valence-corrected chi connectivity index (χ3v) is 5.76. The Balaban J connectivity index is 1.90. The maximum atomic E-state index is 6.33. The normalized spacial score (nSPS) is 15.6. The van der Waals surface area contributed by atoms with Crippen molar-refractivity contribution in [3.8, 4) is 0 Å². The van der Waals surface area contributed by atoms with Crippen molar-refractivity contribution < 1.29 is 0 Å². The van der Waals surface area contributed by atoms with Crippen LogP contribution in [0.2, 0.25) is 5.15 Å². The Bertz CT molecular complexity index is 634. The third kappa shape index (κ3) is 3.57. The molecule has 0 atom stereocenters. The number of aromatic nitrogens is 2. The Kier molecular flexibility index (Phi) is 4.79. The minimum absolute atomic E-state index is 0.564. The van der Waals surface area contributed by atoms with Crippen LogP contribution in [0.4, 0.5) is 0 Å². The molecule has 0 saturated heterocycles. The van der Waals surface area contributed by atoms with Crippen LogP contribution in [0.25, 0.3) is 0 Å². The Hall–Kier alpha value is -0.680. The molecule has 0 radical (unpaired) electrons. The van der Waals surface area contributed by atoms with E-state index < -0.39 is 0 Å². The van der Waals surface area contributed by atoms with Crippen LogP contribution >= 0.6 is 34.2 Å². The van der Waals surface area contributed by atoms with Gasteiger partial charge in [-0.15, -0.1) is 0 Å². The van der Waals surface area contributed by atoms with E-state index in [2.05, 4.69) is 58.8 Å². The maximum Gasteiger partial charge on any atom is 0.146 e. The van der Waals surface area contributed by atoms with Crippen LogP contribution in [0.3, 0.4) is 0 Å². The Morgan fingerprint density at radius 3 is 2.48 bits per heavy atom. The van der Waals surface area contributed by atoms with Crippen molar-refractivity contribution >= 4 is 34.2 Å². The lowest BCUT2D eigenvalue weighted by Crippen LogP contribution is -2.07. The number of aryl methyl sites for hydroxylation is 1. The highest BCUT2D eigenvalue weighted by atomic mass is 127. The monoisotopic (exact) mass is 412 g/mol. The molecule has 0 spiro atoms. The summed E-state index contributed by atoms with van der Waals surface area (Å²) < 4.78 is 1.04. The number of halogens is 2. The van der Waals surface area contributed by atoms with Gasteiger partial charge in [0, 0.05) is 12.3 Å². The van der Waals surface area contributed by atoms with Gasteiger partial charge in [0.05, 0.1) is 9.26 Å². The molecule has 0 bridgehead atoms. The molecular weight excluding hydrogens is 395 g/mol. The molecule has 1 fully saturated rings. The summed E-state index contributed by atoms with van der Waals surface area (Å²) in [5.74, 6) is 1.40. The van der Waals surface area contributed by atoms with E-state index in [1.165, 1.54) is 36.8 Å². The average molecular weight is 413 g/mol. The van der Waals surface area contributed by atoms with E-state index in [4.69, 9.17) is 16.6 Å². The minimum atomic E-state index is 0.564. The molecule has 2 nitrogen and oxygen atoms in total. The van der Waals surface area contributed by atoms with E-state index in [1.54, 1.807) is 0 Å². The van der Waals surface area contributed by atoms with Gasteiger partial charge in [0.25, 0.3) is 0 Å². The molecule has 1 aromatic heterocycles. The summed E-state index contributed by atoms with van der Waals surface area (Å²) >= 11 is 8.62. The predicted molar refractivity (Wildman–Crippen MR) is 95.0 cm³/mol. The molecule has 2 aromatic rings. The SMILES string of the molecule is Cc1ccc(Cc2nc(Cl)c(I)c(C3CCCC3)n2)cc1. The second-order valence-corrected chi connectivity index (χ2v) is 7.21. The number of hydrogen-bond donors (Lipinski definition) is 0. The van der Waals surface area contributed by atoms with Crippen molar-refractivity contribution in [2.24, 2.45) is 0 Å². The van der Waals surface area contributed by atoms with Crippen LogP contribution in [-0.2, 0) is 6.42 Å². The molecule has 21 heavy (non-hydrogen) atoms. The minimum Gasteiger partial charge on any atom is -0.236 e. The van der Waals surface area contributed by atoms with Gasteiger partial charge in [-0.25, -0.2) is 9.97 Å². The number of hydrogen-bond acceptors (Lipinski definition) is 2. The first-order chi connectivity index (χ1) is 10.1. The second-order valence-electron chi connectivity index (χ2n) is 5.77. The zero-order chi connectivity index (χ0) is 14.8. The summed E-state index contributed by atoms with van der Waals surface area (Å²) in [5, 5.41) is 0.606. The Labute approximate surface area is 144 Å². The summed E-state index contributed by atoms with van der Waals surface area (Å²) in [4.78, 5) is 9.30. The molecular formula is C17H18ClIN2. The van der Waals surface area contributed by atoms with Gasteiger partial charge < -0.3 is 0 Å². The van der Waals surface area contributed by atoms with Crippen LogP contribution < -0.4 is 0 Å². The highest BCUT2D eigenvalue weighted by Crippen LogP contribution is 2.36. The van der Waals surface area contributed by atoms with Gasteiger partial charge in [0.1, 0.15) is 11.0 Å². The van der Waals surface area contributed by atoms with Gasteiger partial charge in [-0.3, -0.25) is 0 Å². The van der Waals surface area contributed by atoms with Crippen molar-refractivity contribution in [3.63, 3.8) is 0 Å². The van der Waals surface area contributed by atoms with Crippen LogP contribution in [0.15, 0.2) is 24.3 Å². The summed E-state index contributed by atoms with van der Waals surface area (Å²) in [7, 11) is 0. The number of rotatable bonds is 3. The average Bonchev–Trinajstić information content (AvgIpc) is 2.99. The van der Waals surface area contributed by atoms with Gasteiger partial charge >= 0.3 is 0 Å². The molecule has 4 heteroatoms. The molecule has 1 aliphatic rings. The maximum absolute atomic E-state index is 6.33. The summed E-state index contributed by atoms with van der Waals surface area (Å²) in [5.41, 5.74) is 3.66. The standard InChI is InChI=1S/C17H18ClIN2/c1-11-6-8-12(9-7-11)10-14-20-16(13-4-2-3-5-13)15(19)17(18)21-14/h6-9,13H,2-5,10H2,1H3. The summed E-state index contributed by atoms with van der Waals surface area (Å²) in [6.07, 6.45) is 5.81. The molecule has 0 aliphatic heterocycles. The molecule has 1 aromatic carbocycles. The molecule has 0 amide bonds. The van der Waals surface area contributed by atoms with E-state index in [-0.39, 0.29) is 0 Å². The topological polar surface area (TPSA) is 25.8 Å². The zero-order valence-corrected chi connectivity index (χ0v) is 15.0.